The Morgan fingerprint density at radius 2 is 2.30 bits per heavy atom. The van der Waals surface area contributed by atoms with Gasteiger partial charge in [-0.2, -0.15) is 0 Å². The Kier molecular flexibility index (Phi) is 6.21. The van der Waals surface area contributed by atoms with Crippen LogP contribution in [-0.2, 0) is 11.2 Å². The first-order chi connectivity index (χ1) is 11.0. The van der Waals surface area contributed by atoms with E-state index in [2.05, 4.69) is 11.9 Å². The van der Waals surface area contributed by atoms with Gasteiger partial charge in [0.2, 0.25) is 0 Å². The third-order valence-electron chi connectivity index (χ3n) is 2.97. The lowest BCUT2D eigenvalue weighted by molar-refractivity contribution is 0.174. The van der Waals surface area contributed by atoms with Crippen molar-refractivity contribution in [2.75, 3.05) is 11.9 Å². The molecule has 122 valence electrons. The van der Waals surface area contributed by atoms with Gasteiger partial charge in [-0.15, -0.1) is 11.3 Å². The maximum Gasteiger partial charge on any atom is 0.411 e. The maximum atomic E-state index is 11.7. The highest BCUT2D eigenvalue weighted by Crippen LogP contribution is 2.36. The zero-order valence-electron chi connectivity index (χ0n) is 12.7. The molecule has 1 amide bonds. The van der Waals surface area contributed by atoms with Crippen molar-refractivity contribution in [3.8, 4) is 10.4 Å². The average Bonchev–Trinajstić information content (AvgIpc) is 2.87. The van der Waals surface area contributed by atoms with E-state index in [1.54, 1.807) is 13.0 Å². The molecule has 6 heteroatoms. The number of amides is 1. The SMILES string of the molecule is C=CCOC(=O)Nc1cc(-c2cccc(Cl)c2)sc1CC(C)O. The van der Waals surface area contributed by atoms with Gasteiger partial charge in [0.25, 0.3) is 0 Å². The number of halogens is 1. The molecule has 0 bridgehead atoms. The largest absolute Gasteiger partial charge is 0.445 e. The molecule has 0 aliphatic heterocycles. The van der Waals surface area contributed by atoms with Gasteiger partial charge in [0.1, 0.15) is 6.61 Å². The van der Waals surface area contributed by atoms with Crippen molar-refractivity contribution in [3.63, 3.8) is 0 Å². The number of hydrogen-bond acceptors (Lipinski definition) is 4. The van der Waals surface area contributed by atoms with Crippen molar-refractivity contribution >= 4 is 34.7 Å². The van der Waals surface area contributed by atoms with Crippen molar-refractivity contribution < 1.29 is 14.6 Å². The van der Waals surface area contributed by atoms with E-state index in [4.69, 9.17) is 16.3 Å². The highest BCUT2D eigenvalue weighted by molar-refractivity contribution is 7.16. The number of benzene rings is 1. The van der Waals surface area contributed by atoms with Crippen LogP contribution in [-0.4, -0.2) is 23.9 Å². The number of aliphatic hydroxyl groups excluding tert-OH is 1. The summed E-state index contributed by atoms with van der Waals surface area (Å²) in [6.07, 6.45) is 0.890. The van der Waals surface area contributed by atoms with Crippen molar-refractivity contribution in [3.05, 3.63) is 52.9 Å². The quantitative estimate of drug-likeness (QED) is 0.740. The first kappa shape index (κ1) is 17.5. The molecule has 0 aliphatic carbocycles. The lowest BCUT2D eigenvalue weighted by Crippen LogP contribution is -2.15. The minimum Gasteiger partial charge on any atom is -0.445 e. The predicted octanol–water partition coefficient (Wildman–Crippen LogP) is 4.73. The van der Waals surface area contributed by atoms with Crippen molar-refractivity contribution in [1.29, 1.82) is 0 Å². The minimum absolute atomic E-state index is 0.142. The third-order valence-corrected chi connectivity index (χ3v) is 4.41. The fourth-order valence-corrected chi connectivity index (χ4v) is 3.44. The molecule has 2 N–H and O–H groups in total. The first-order valence-electron chi connectivity index (χ1n) is 7.11. The number of nitrogens with one attached hydrogen (secondary N) is 1. The second-order valence-electron chi connectivity index (χ2n) is 5.02. The van der Waals surface area contributed by atoms with Crippen molar-refractivity contribution in [2.45, 2.75) is 19.4 Å². The van der Waals surface area contributed by atoms with Crippen LogP contribution in [0, 0.1) is 0 Å². The van der Waals surface area contributed by atoms with E-state index in [0.717, 1.165) is 15.3 Å². The normalized spacial score (nSPS) is 11.8. The van der Waals surface area contributed by atoms with Gasteiger partial charge >= 0.3 is 6.09 Å². The molecule has 2 aromatic rings. The van der Waals surface area contributed by atoms with Gasteiger partial charge in [0.15, 0.2) is 0 Å². The average molecular weight is 352 g/mol. The van der Waals surface area contributed by atoms with E-state index >= 15 is 0 Å². The topological polar surface area (TPSA) is 58.6 Å². The molecule has 1 aromatic carbocycles. The molecule has 0 saturated heterocycles. The summed E-state index contributed by atoms with van der Waals surface area (Å²) in [5.41, 5.74) is 1.60. The van der Waals surface area contributed by atoms with E-state index in [0.29, 0.717) is 17.1 Å². The summed E-state index contributed by atoms with van der Waals surface area (Å²) < 4.78 is 4.94. The lowest BCUT2D eigenvalue weighted by Gasteiger charge is -2.07. The number of rotatable bonds is 6. The Labute approximate surface area is 144 Å². The molecule has 0 spiro atoms. The van der Waals surface area contributed by atoms with E-state index in [1.165, 1.54) is 17.4 Å². The van der Waals surface area contributed by atoms with Crippen LogP contribution in [0.25, 0.3) is 10.4 Å². The third kappa shape index (κ3) is 5.10. The minimum atomic E-state index is -0.549. The summed E-state index contributed by atoms with van der Waals surface area (Å²) in [7, 11) is 0. The van der Waals surface area contributed by atoms with Crippen molar-refractivity contribution in [1.82, 2.24) is 0 Å². The second-order valence-corrected chi connectivity index (χ2v) is 6.60. The van der Waals surface area contributed by atoms with Crippen LogP contribution in [0.1, 0.15) is 11.8 Å². The molecule has 1 heterocycles. The molecule has 4 nitrogen and oxygen atoms in total. The molecular weight excluding hydrogens is 334 g/mol. The van der Waals surface area contributed by atoms with Crippen LogP contribution in [0.3, 0.4) is 0 Å². The van der Waals surface area contributed by atoms with Gasteiger partial charge in [-0.1, -0.05) is 36.4 Å². The number of ether oxygens (including phenoxy) is 1. The Bertz CT molecular complexity index is 697. The summed E-state index contributed by atoms with van der Waals surface area (Å²) >= 11 is 7.54. The number of hydrogen-bond donors (Lipinski definition) is 2. The molecule has 1 atom stereocenters. The maximum absolute atomic E-state index is 11.7. The summed E-state index contributed by atoms with van der Waals surface area (Å²) in [5, 5.41) is 13.0. The molecule has 2 rings (SSSR count). The molecule has 0 fully saturated rings. The zero-order chi connectivity index (χ0) is 16.8. The Hall–Kier alpha value is -1.82. The Morgan fingerprint density at radius 1 is 1.52 bits per heavy atom. The summed E-state index contributed by atoms with van der Waals surface area (Å²) in [5.74, 6) is 0. The monoisotopic (exact) mass is 351 g/mol. The van der Waals surface area contributed by atoms with E-state index in [-0.39, 0.29) is 6.61 Å². The Morgan fingerprint density at radius 3 is 2.96 bits per heavy atom. The zero-order valence-corrected chi connectivity index (χ0v) is 14.3. The molecule has 0 saturated carbocycles. The van der Waals surface area contributed by atoms with Gasteiger partial charge in [0.05, 0.1) is 11.8 Å². The Balaban J connectivity index is 2.28. The van der Waals surface area contributed by atoms with Crippen LogP contribution < -0.4 is 5.32 Å². The molecule has 1 unspecified atom stereocenters. The first-order valence-corrected chi connectivity index (χ1v) is 8.30. The molecule has 0 radical (unpaired) electrons. The number of aliphatic hydroxyl groups is 1. The fraction of sp³-hybridized carbons (Fsp3) is 0.235. The lowest BCUT2D eigenvalue weighted by atomic mass is 10.1. The highest BCUT2D eigenvalue weighted by Gasteiger charge is 2.15. The van der Waals surface area contributed by atoms with Crippen molar-refractivity contribution in [2.24, 2.45) is 0 Å². The van der Waals surface area contributed by atoms with E-state index in [1.807, 2.05) is 24.3 Å². The van der Waals surface area contributed by atoms with Gasteiger partial charge in [-0.05, 0) is 30.7 Å². The molecular formula is C17H18ClNO3S. The van der Waals surface area contributed by atoms with E-state index < -0.39 is 12.2 Å². The van der Waals surface area contributed by atoms with Gasteiger partial charge < -0.3 is 9.84 Å². The number of thiophene rings is 1. The van der Waals surface area contributed by atoms with Crippen LogP contribution in [0.5, 0.6) is 0 Å². The van der Waals surface area contributed by atoms with Gasteiger partial charge in [-0.3, -0.25) is 5.32 Å². The van der Waals surface area contributed by atoms with Crippen LogP contribution in [0.15, 0.2) is 43.0 Å². The fourth-order valence-electron chi connectivity index (χ4n) is 2.02. The standard InChI is InChI=1S/C17H18ClNO3S/c1-3-7-22-17(21)19-14-10-15(23-16(14)8-11(2)20)12-5-4-6-13(18)9-12/h3-6,9-11,20H,1,7-8H2,2H3,(H,19,21). The van der Waals surface area contributed by atoms with Crippen LogP contribution >= 0.6 is 22.9 Å². The number of carbonyl (C=O) groups excluding carboxylic acids is 1. The summed E-state index contributed by atoms with van der Waals surface area (Å²) in [6, 6.07) is 9.35. The summed E-state index contributed by atoms with van der Waals surface area (Å²) in [4.78, 5) is 13.6. The second kappa shape index (κ2) is 8.15. The molecule has 0 aliphatic rings. The van der Waals surface area contributed by atoms with E-state index in [9.17, 15) is 9.90 Å². The van der Waals surface area contributed by atoms with Crippen LogP contribution in [0.2, 0.25) is 5.02 Å². The highest BCUT2D eigenvalue weighted by atomic mass is 35.5. The molecule has 1 aromatic heterocycles. The predicted molar refractivity (Wildman–Crippen MR) is 95.3 cm³/mol. The van der Waals surface area contributed by atoms with Crippen LogP contribution in [0.4, 0.5) is 10.5 Å². The summed E-state index contributed by atoms with van der Waals surface area (Å²) in [6.45, 7) is 5.35. The molecule has 23 heavy (non-hydrogen) atoms. The number of anilines is 1. The smallest absolute Gasteiger partial charge is 0.411 e. The van der Waals surface area contributed by atoms with Gasteiger partial charge in [-0.25, -0.2) is 4.79 Å². The van der Waals surface area contributed by atoms with Gasteiger partial charge in [0, 0.05) is 21.2 Å². The number of carbonyl (C=O) groups is 1.